The standard InChI is InChI=1S/C9H7ClO4.Pb/c1-6(11)13-14-9(12)7-3-2-4-8(10)5-7;/h2-5H,1H3;. The molecule has 0 aliphatic carbocycles. The first-order chi connectivity index (χ1) is 6.59. The van der Waals surface area contributed by atoms with Crippen LogP contribution in [0.1, 0.15) is 17.3 Å². The fraction of sp³-hybridized carbons (Fsp3) is 0.111. The van der Waals surface area contributed by atoms with Crippen molar-refractivity contribution in [1.82, 2.24) is 0 Å². The van der Waals surface area contributed by atoms with Gasteiger partial charge in [-0.15, -0.1) is 0 Å². The van der Waals surface area contributed by atoms with Gasteiger partial charge in [-0.05, 0) is 18.2 Å². The summed E-state index contributed by atoms with van der Waals surface area (Å²) in [6.07, 6.45) is 0. The van der Waals surface area contributed by atoms with Crippen LogP contribution in [-0.4, -0.2) is 39.2 Å². The number of benzene rings is 1. The second-order valence-electron chi connectivity index (χ2n) is 2.46. The van der Waals surface area contributed by atoms with E-state index in [1.807, 2.05) is 0 Å². The second kappa shape index (κ2) is 6.78. The van der Waals surface area contributed by atoms with E-state index in [2.05, 4.69) is 9.78 Å². The fourth-order valence-corrected chi connectivity index (χ4v) is 0.950. The first-order valence-corrected chi connectivity index (χ1v) is 4.12. The molecule has 0 atom stereocenters. The van der Waals surface area contributed by atoms with Gasteiger partial charge in [0, 0.05) is 39.2 Å². The molecule has 4 nitrogen and oxygen atoms in total. The van der Waals surface area contributed by atoms with E-state index < -0.39 is 11.9 Å². The van der Waals surface area contributed by atoms with Gasteiger partial charge in [0.1, 0.15) is 0 Å². The Bertz CT molecular complexity index is 367. The molecule has 0 aliphatic heterocycles. The fourth-order valence-electron chi connectivity index (χ4n) is 0.760. The van der Waals surface area contributed by atoms with Gasteiger partial charge < -0.3 is 0 Å². The first kappa shape index (κ1) is 14.4. The van der Waals surface area contributed by atoms with Gasteiger partial charge in [-0.2, -0.15) is 0 Å². The molecular weight excluding hydrogens is 415 g/mol. The number of rotatable bonds is 1. The SMILES string of the molecule is CC(=O)OOC(=O)c1cccc(Cl)c1.[Pb]. The van der Waals surface area contributed by atoms with Crippen LogP contribution in [-0.2, 0) is 14.6 Å². The van der Waals surface area contributed by atoms with Crippen LogP contribution in [0.25, 0.3) is 0 Å². The van der Waals surface area contributed by atoms with Crippen molar-refractivity contribution in [3.8, 4) is 0 Å². The van der Waals surface area contributed by atoms with Gasteiger partial charge in [0.25, 0.3) is 0 Å². The Labute approximate surface area is 112 Å². The molecule has 0 amide bonds. The van der Waals surface area contributed by atoms with Crippen molar-refractivity contribution in [2.24, 2.45) is 0 Å². The van der Waals surface area contributed by atoms with Gasteiger partial charge in [-0.25, -0.2) is 19.4 Å². The summed E-state index contributed by atoms with van der Waals surface area (Å²) in [4.78, 5) is 29.7. The molecule has 4 radical (unpaired) electrons. The van der Waals surface area contributed by atoms with Crippen LogP contribution < -0.4 is 0 Å². The summed E-state index contributed by atoms with van der Waals surface area (Å²) in [5.74, 6) is -1.46. The third-order valence-electron chi connectivity index (χ3n) is 1.30. The van der Waals surface area contributed by atoms with Crippen LogP contribution >= 0.6 is 11.6 Å². The molecule has 0 spiro atoms. The Morgan fingerprint density at radius 1 is 1.27 bits per heavy atom. The second-order valence-corrected chi connectivity index (χ2v) is 2.89. The average Bonchev–Trinajstić information content (AvgIpc) is 2.14. The molecule has 0 aromatic heterocycles. The molecule has 15 heavy (non-hydrogen) atoms. The molecule has 0 fully saturated rings. The molecule has 1 aromatic rings. The third kappa shape index (κ3) is 5.12. The molecule has 1 aromatic carbocycles. The van der Waals surface area contributed by atoms with Crippen molar-refractivity contribution in [3.63, 3.8) is 0 Å². The molecule has 78 valence electrons. The molecule has 0 saturated carbocycles. The topological polar surface area (TPSA) is 52.6 Å². The first-order valence-electron chi connectivity index (χ1n) is 3.74. The average molecular weight is 422 g/mol. The van der Waals surface area contributed by atoms with Crippen LogP contribution in [0.5, 0.6) is 0 Å². The largest absolute Gasteiger partial charge is 0.386 e. The smallest absolute Gasteiger partial charge is 0.248 e. The van der Waals surface area contributed by atoms with E-state index in [1.165, 1.54) is 12.1 Å². The van der Waals surface area contributed by atoms with E-state index in [-0.39, 0.29) is 32.9 Å². The van der Waals surface area contributed by atoms with Crippen molar-refractivity contribution < 1.29 is 19.4 Å². The minimum Gasteiger partial charge on any atom is -0.248 e. The van der Waals surface area contributed by atoms with Crippen LogP contribution in [0.15, 0.2) is 24.3 Å². The summed E-state index contributed by atoms with van der Waals surface area (Å²) in [5.41, 5.74) is 0.221. The molecular formula is C9H7ClO4Pb. The predicted molar refractivity (Wildman–Crippen MR) is 54.4 cm³/mol. The number of halogens is 1. The summed E-state index contributed by atoms with van der Waals surface area (Å²) < 4.78 is 0. The minimum absolute atomic E-state index is 0. The van der Waals surface area contributed by atoms with E-state index in [0.717, 1.165) is 6.92 Å². The molecule has 6 heteroatoms. The van der Waals surface area contributed by atoms with Crippen molar-refractivity contribution in [3.05, 3.63) is 34.9 Å². The maximum Gasteiger partial charge on any atom is 0.386 e. The van der Waals surface area contributed by atoms with E-state index in [4.69, 9.17) is 11.6 Å². The van der Waals surface area contributed by atoms with Gasteiger partial charge in [0.2, 0.25) is 0 Å². The van der Waals surface area contributed by atoms with E-state index in [0.29, 0.717) is 5.02 Å². The maximum atomic E-state index is 11.1. The summed E-state index contributed by atoms with van der Waals surface area (Å²) in [7, 11) is 0. The Hall–Kier alpha value is -0.628. The van der Waals surface area contributed by atoms with E-state index >= 15 is 0 Å². The molecule has 0 saturated heterocycles. The van der Waals surface area contributed by atoms with Crippen molar-refractivity contribution in [1.29, 1.82) is 0 Å². The van der Waals surface area contributed by atoms with Crippen LogP contribution in [0.3, 0.4) is 0 Å². The van der Waals surface area contributed by atoms with E-state index in [9.17, 15) is 9.59 Å². The Morgan fingerprint density at radius 3 is 2.47 bits per heavy atom. The monoisotopic (exact) mass is 422 g/mol. The van der Waals surface area contributed by atoms with Crippen LogP contribution in [0.2, 0.25) is 5.02 Å². The van der Waals surface area contributed by atoms with Crippen molar-refractivity contribution >= 4 is 50.8 Å². The molecule has 1 rings (SSSR count). The third-order valence-corrected chi connectivity index (χ3v) is 1.53. The van der Waals surface area contributed by atoms with Crippen molar-refractivity contribution in [2.45, 2.75) is 6.92 Å². The van der Waals surface area contributed by atoms with E-state index in [1.54, 1.807) is 12.1 Å². The van der Waals surface area contributed by atoms with Gasteiger partial charge in [0.05, 0.1) is 5.56 Å². The molecule has 0 N–H and O–H groups in total. The van der Waals surface area contributed by atoms with Gasteiger partial charge in [-0.1, -0.05) is 17.7 Å². The van der Waals surface area contributed by atoms with Gasteiger partial charge in [-0.3, -0.25) is 0 Å². The molecule has 0 heterocycles. The predicted octanol–water partition coefficient (Wildman–Crippen LogP) is 1.59. The Morgan fingerprint density at radius 2 is 1.93 bits per heavy atom. The molecule has 0 aliphatic rings. The van der Waals surface area contributed by atoms with Gasteiger partial charge in [0.15, 0.2) is 0 Å². The molecule has 0 bridgehead atoms. The maximum absolute atomic E-state index is 11.1. The quantitative estimate of drug-likeness (QED) is 0.393. The Balaban J connectivity index is 0.00000196. The summed E-state index contributed by atoms with van der Waals surface area (Å²) in [6.45, 7) is 1.13. The zero-order valence-electron chi connectivity index (χ0n) is 7.82. The summed E-state index contributed by atoms with van der Waals surface area (Å²) in [5, 5.41) is 0.405. The Kier molecular flexibility index (Phi) is 6.50. The van der Waals surface area contributed by atoms with Crippen LogP contribution in [0, 0.1) is 0 Å². The summed E-state index contributed by atoms with van der Waals surface area (Å²) >= 11 is 5.64. The number of carbonyl (C=O) groups is 2. The van der Waals surface area contributed by atoms with Crippen LogP contribution in [0.4, 0.5) is 0 Å². The minimum atomic E-state index is -0.761. The van der Waals surface area contributed by atoms with Gasteiger partial charge >= 0.3 is 11.9 Å². The number of carbonyl (C=O) groups excluding carboxylic acids is 2. The number of hydrogen-bond donors (Lipinski definition) is 0. The molecule has 0 unspecified atom stereocenters. The zero-order chi connectivity index (χ0) is 10.6. The normalized spacial score (nSPS) is 8.67. The number of hydrogen-bond acceptors (Lipinski definition) is 4. The van der Waals surface area contributed by atoms with Crippen molar-refractivity contribution in [2.75, 3.05) is 0 Å². The zero-order valence-corrected chi connectivity index (χ0v) is 12.5. The summed E-state index contributed by atoms with van der Waals surface area (Å²) in [6, 6.07) is 6.11.